The number of ether oxygens (including phenoxy) is 2. The summed E-state index contributed by atoms with van der Waals surface area (Å²) in [5, 5.41) is 0.646. The zero-order valence-electron chi connectivity index (χ0n) is 12.5. The number of hydrogen-bond donors (Lipinski definition) is 0. The molecule has 112 valence electrons. The van der Waals surface area contributed by atoms with Crippen LogP contribution in [0.2, 0.25) is 5.02 Å². The summed E-state index contributed by atoms with van der Waals surface area (Å²) in [4.78, 5) is 0.00380. The van der Waals surface area contributed by atoms with Gasteiger partial charge in [0.15, 0.2) is 11.5 Å². The maximum atomic E-state index is 6.39. The molecule has 0 aliphatic rings. The average Bonchev–Trinajstić information content (AvgIpc) is 2.49. The van der Waals surface area contributed by atoms with Crippen molar-refractivity contribution < 1.29 is 9.47 Å². The Morgan fingerprint density at radius 3 is 2.14 bits per heavy atom. The van der Waals surface area contributed by atoms with E-state index >= 15 is 0 Å². The SMILES string of the molecule is COc1cc(Cl)c(C(Br)c2ccc(C)c(C)c2)cc1OC. The van der Waals surface area contributed by atoms with Crippen molar-refractivity contribution in [2.24, 2.45) is 0 Å². The second-order valence-electron chi connectivity index (χ2n) is 4.93. The number of halogens is 2. The number of hydrogen-bond acceptors (Lipinski definition) is 2. The summed E-state index contributed by atoms with van der Waals surface area (Å²) >= 11 is 10.1. The fourth-order valence-electron chi connectivity index (χ4n) is 2.17. The molecule has 0 saturated carbocycles. The van der Waals surface area contributed by atoms with Crippen LogP contribution in [0.3, 0.4) is 0 Å². The van der Waals surface area contributed by atoms with Gasteiger partial charge in [-0.3, -0.25) is 0 Å². The third-order valence-corrected chi connectivity index (χ3v) is 4.95. The first-order valence-corrected chi connectivity index (χ1v) is 7.90. The molecule has 1 atom stereocenters. The second-order valence-corrected chi connectivity index (χ2v) is 6.26. The molecule has 0 radical (unpaired) electrons. The lowest BCUT2D eigenvalue weighted by atomic mass is 10.00. The molecule has 4 heteroatoms. The molecule has 0 amide bonds. The van der Waals surface area contributed by atoms with Crippen LogP contribution in [0.25, 0.3) is 0 Å². The van der Waals surface area contributed by atoms with Crippen LogP contribution < -0.4 is 9.47 Å². The van der Waals surface area contributed by atoms with Gasteiger partial charge in [0.05, 0.1) is 19.0 Å². The summed E-state index contributed by atoms with van der Waals surface area (Å²) < 4.78 is 10.6. The van der Waals surface area contributed by atoms with E-state index in [1.807, 2.05) is 6.07 Å². The third kappa shape index (κ3) is 3.35. The van der Waals surface area contributed by atoms with Crippen molar-refractivity contribution in [2.45, 2.75) is 18.7 Å². The van der Waals surface area contributed by atoms with Crippen molar-refractivity contribution in [1.29, 1.82) is 0 Å². The topological polar surface area (TPSA) is 18.5 Å². The molecular formula is C17H18BrClO2. The fraction of sp³-hybridized carbons (Fsp3) is 0.294. The van der Waals surface area contributed by atoms with Crippen LogP contribution >= 0.6 is 27.5 Å². The molecule has 2 nitrogen and oxygen atoms in total. The standard InChI is InChI=1S/C17H18BrClO2/c1-10-5-6-12(7-11(10)2)17(18)13-8-15(20-3)16(21-4)9-14(13)19/h5-9,17H,1-4H3. The predicted molar refractivity (Wildman–Crippen MR) is 91.2 cm³/mol. The summed E-state index contributed by atoms with van der Waals surface area (Å²) in [5.74, 6) is 1.30. The van der Waals surface area contributed by atoms with E-state index in [1.54, 1.807) is 20.3 Å². The second kappa shape index (κ2) is 6.71. The summed E-state index contributed by atoms with van der Waals surface area (Å²) in [6.07, 6.45) is 0. The van der Waals surface area contributed by atoms with E-state index < -0.39 is 0 Å². The normalized spacial score (nSPS) is 12.1. The molecule has 21 heavy (non-hydrogen) atoms. The largest absolute Gasteiger partial charge is 0.493 e. The molecule has 1 unspecified atom stereocenters. The molecule has 0 N–H and O–H groups in total. The molecule has 0 aromatic heterocycles. The summed E-state index contributed by atoms with van der Waals surface area (Å²) in [6.45, 7) is 4.21. The monoisotopic (exact) mass is 368 g/mol. The third-order valence-electron chi connectivity index (χ3n) is 3.60. The van der Waals surface area contributed by atoms with Crippen LogP contribution in [0, 0.1) is 13.8 Å². The molecular weight excluding hydrogens is 352 g/mol. The lowest BCUT2D eigenvalue weighted by molar-refractivity contribution is 0.354. The van der Waals surface area contributed by atoms with Gasteiger partial charge in [-0.1, -0.05) is 45.7 Å². The van der Waals surface area contributed by atoms with E-state index in [1.165, 1.54) is 11.1 Å². The Labute approximate surface area is 139 Å². The molecule has 0 spiro atoms. The van der Waals surface area contributed by atoms with Gasteiger partial charge in [0.2, 0.25) is 0 Å². The van der Waals surface area contributed by atoms with Gasteiger partial charge in [-0.05, 0) is 42.2 Å². The highest BCUT2D eigenvalue weighted by atomic mass is 79.9. The molecule has 2 aromatic rings. The molecule has 2 aromatic carbocycles. The van der Waals surface area contributed by atoms with E-state index in [9.17, 15) is 0 Å². The minimum Gasteiger partial charge on any atom is -0.493 e. The lowest BCUT2D eigenvalue weighted by Crippen LogP contribution is -1.98. The van der Waals surface area contributed by atoms with Gasteiger partial charge in [0, 0.05) is 11.1 Å². The van der Waals surface area contributed by atoms with E-state index in [0.717, 1.165) is 11.1 Å². The Hall–Kier alpha value is -1.19. The summed E-state index contributed by atoms with van der Waals surface area (Å²) in [5.41, 5.74) is 4.65. The minimum absolute atomic E-state index is 0.00380. The molecule has 0 aliphatic carbocycles. The van der Waals surface area contributed by atoms with E-state index in [2.05, 4.69) is 48.0 Å². The number of benzene rings is 2. The first kappa shape index (κ1) is 16.2. The zero-order chi connectivity index (χ0) is 15.6. The Kier molecular flexibility index (Phi) is 5.17. The van der Waals surface area contributed by atoms with Crippen LogP contribution in [0.4, 0.5) is 0 Å². The van der Waals surface area contributed by atoms with E-state index in [0.29, 0.717) is 16.5 Å². The maximum Gasteiger partial charge on any atom is 0.162 e. The van der Waals surface area contributed by atoms with Gasteiger partial charge >= 0.3 is 0 Å². The van der Waals surface area contributed by atoms with E-state index in [-0.39, 0.29) is 4.83 Å². The van der Waals surface area contributed by atoms with Crippen LogP contribution in [-0.4, -0.2) is 14.2 Å². The van der Waals surface area contributed by atoms with Crippen LogP contribution in [0.1, 0.15) is 27.1 Å². The Bertz CT molecular complexity index is 655. The Morgan fingerprint density at radius 1 is 0.952 bits per heavy atom. The van der Waals surface area contributed by atoms with Crippen LogP contribution in [0.15, 0.2) is 30.3 Å². The van der Waals surface area contributed by atoms with Gasteiger partial charge in [-0.25, -0.2) is 0 Å². The quantitative estimate of drug-likeness (QED) is 0.666. The van der Waals surface area contributed by atoms with Crippen molar-refractivity contribution in [3.8, 4) is 11.5 Å². The van der Waals surface area contributed by atoms with Crippen LogP contribution in [-0.2, 0) is 0 Å². The number of aryl methyl sites for hydroxylation is 2. The number of rotatable bonds is 4. The highest BCUT2D eigenvalue weighted by Crippen LogP contribution is 2.41. The highest BCUT2D eigenvalue weighted by Gasteiger charge is 2.18. The van der Waals surface area contributed by atoms with E-state index in [4.69, 9.17) is 21.1 Å². The zero-order valence-corrected chi connectivity index (χ0v) is 14.9. The maximum absolute atomic E-state index is 6.39. The fourth-order valence-corrected chi connectivity index (χ4v) is 3.22. The van der Waals surface area contributed by atoms with Gasteiger partial charge in [0.1, 0.15) is 0 Å². The summed E-state index contributed by atoms with van der Waals surface area (Å²) in [7, 11) is 3.22. The first-order chi connectivity index (χ1) is 9.97. The molecule has 2 rings (SSSR count). The Balaban J connectivity index is 2.47. The lowest BCUT2D eigenvalue weighted by Gasteiger charge is -2.17. The highest BCUT2D eigenvalue weighted by molar-refractivity contribution is 9.09. The minimum atomic E-state index is 0.00380. The molecule has 0 bridgehead atoms. The van der Waals surface area contributed by atoms with Crippen LogP contribution in [0.5, 0.6) is 11.5 Å². The van der Waals surface area contributed by atoms with Crippen molar-refractivity contribution in [3.05, 3.63) is 57.6 Å². The van der Waals surface area contributed by atoms with Crippen molar-refractivity contribution >= 4 is 27.5 Å². The number of methoxy groups -OCH3 is 2. The van der Waals surface area contributed by atoms with Gasteiger partial charge < -0.3 is 9.47 Å². The van der Waals surface area contributed by atoms with Crippen molar-refractivity contribution in [2.75, 3.05) is 14.2 Å². The van der Waals surface area contributed by atoms with Crippen molar-refractivity contribution in [1.82, 2.24) is 0 Å². The first-order valence-electron chi connectivity index (χ1n) is 6.60. The molecule has 0 fully saturated rings. The van der Waals surface area contributed by atoms with Gasteiger partial charge in [-0.2, -0.15) is 0 Å². The number of alkyl halides is 1. The Morgan fingerprint density at radius 2 is 1.57 bits per heavy atom. The van der Waals surface area contributed by atoms with Gasteiger partial charge in [0.25, 0.3) is 0 Å². The predicted octanol–water partition coefficient (Wildman–Crippen LogP) is 5.46. The van der Waals surface area contributed by atoms with Crippen molar-refractivity contribution in [3.63, 3.8) is 0 Å². The van der Waals surface area contributed by atoms with Gasteiger partial charge in [-0.15, -0.1) is 0 Å². The summed E-state index contributed by atoms with van der Waals surface area (Å²) in [6, 6.07) is 10.1. The smallest absolute Gasteiger partial charge is 0.162 e. The molecule has 0 saturated heterocycles. The molecule has 0 aliphatic heterocycles. The molecule has 0 heterocycles. The average molecular weight is 370 g/mol.